The quantitative estimate of drug-likeness (QED) is 0.669. The van der Waals surface area contributed by atoms with Crippen molar-refractivity contribution >= 4 is 17.5 Å². The number of nitrogens with one attached hydrogen (secondary N) is 1. The van der Waals surface area contributed by atoms with Crippen LogP contribution in [0.5, 0.6) is 11.5 Å². The van der Waals surface area contributed by atoms with Gasteiger partial charge >= 0.3 is 0 Å². The van der Waals surface area contributed by atoms with Gasteiger partial charge < -0.3 is 14.8 Å². The van der Waals surface area contributed by atoms with Crippen molar-refractivity contribution in [2.24, 2.45) is 0 Å². The van der Waals surface area contributed by atoms with Gasteiger partial charge in [-0.2, -0.15) is 5.10 Å². The number of rotatable bonds is 6. The van der Waals surface area contributed by atoms with E-state index in [1.807, 2.05) is 48.0 Å². The van der Waals surface area contributed by atoms with Crippen molar-refractivity contribution in [2.45, 2.75) is 26.4 Å². The number of hydrogen-bond acceptors (Lipinski definition) is 4. The zero-order valence-corrected chi connectivity index (χ0v) is 16.9. The number of hydrogen-bond donors (Lipinski definition) is 1. The summed E-state index contributed by atoms with van der Waals surface area (Å²) in [4.78, 5) is 12.8. The van der Waals surface area contributed by atoms with E-state index >= 15 is 0 Å². The highest BCUT2D eigenvalue weighted by molar-refractivity contribution is 6.32. The van der Waals surface area contributed by atoms with Gasteiger partial charge in [0.15, 0.2) is 11.5 Å². The molecule has 3 aromatic rings. The van der Waals surface area contributed by atoms with Crippen molar-refractivity contribution in [3.05, 3.63) is 76.1 Å². The molecular weight excluding hydrogens is 390 g/mol. The van der Waals surface area contributed by atoms with Crippen LogP contribution in [0.25, 0.3) is 0 Å². The molecule has 6 nitrogen and oxygen atoms in total. The topological polar surface area (TPSA) is 65.4 Å². The Morgan fingerprint density at radius 3 is 2.76 bits per heavy atom. The molecule has 0 saturated heterocycles. The monoisotopic (exact) mass is 411 g/mol. The number of ether oxygens (including phenoxy) is 2. The van der Waals surface area contributed by atoms with E-state index in [2.05, 4.69) is 10.4 Å². The standard InChI is InChI=1S/C22H22ClN3O3/c1-2-19-17(13-25-26(19)14-15-6-4-3-5-7-15)22(27)24-12-16-10-18(23)21-20(11-16)28-8-9-29-21/h3-7,10-11,13H,2,8-9,12,14H2,1H3,(H,24,27). The normalized spacial score (nSPS) is 12.6. The second-order valence-electron chi connectivity index (χ2n) is 6.79. The lowest BCUT2D eigenvalue weighted by atomic mass is 10.1. The van der Waals surface area contributed by atoms with Crippen molar-refractivity contribution < 1.29 is 14.3 Å². The number of aromatic nitrogens is 2. The predicted octanol–water partition coefficient (Wildman–Crippen LogP) is 3.85. The van der Waals surface area contributed by atoms with Crippen molar-refractivity contribution in [2.75, 3.05) is 13.2 Å². The Morgan fingerprint density at radius 1 is 1.17 bits per heavy atom. The second kappa shape index (κ2) is 8.57. The highest BCUT2D eigenvalue weighted by atomic mass is 35.5. The summed E-state index contributed by atoms with van der Waals surface area (Å²) in [5.41, 5.74) is 3.49. The maximum Gasteiger partial charge on any atom is 0.255 e. The van der Waals surface area contributed by atoms with Crippen LogP contribution >= 0.6 is 11.6 Å². The van der Waals surface area contributed by atoms with Gasteiger partial charge in [0.25, 0.3) is 5.91 Å². The highest BCUT2D eigenvalue weighted by Crippen LogP contribution is 2.38. The van der Waals surface area contributed by atoms with E-state index in [1.54, 1.807) is 12.3 Å². The summed E-state index contributed by atoms with van der Waals surface area (Å²) in [6.45, 7) is 3.96. The maximum atomic E-state index is 12.8. The molecule has 0 spiro atoms. The van der Waals surface area contributed by atoms with Gasteiger partial charge in [0, 0.05) is 6.54 Å². The number of carbonyl (C=O) groups is 1. The van der Waals surface area contributed by atoms with E-state index in [4.69, 9.17) is 21.1 Å². The number of halogens is 1. The molecule has 0 fully saturated rings. The van der Waals surface area contributed by atoms with Gasteiger partial charge in [0.05, 0.1) is 29.0 Å². The van der Waals surface area contributed by atoms with Gasteiger partial charge in [-0.15, -0.1) is 0 Å². The molecular formula is C22H22ClN3O3. The number of carbonyl (C=O) groups excluding carboxylic acids is 1. The molecule has 1 aromatic heterocycles. The third-order valence-corrected chi connectivity index (χ3v) is 5.09. The van der Waals surface area contributed by atoms with E-state index < -0.39 is 0 Å². The molecule has 7 heteroatoms. The van der Waals surface area contributed by atoms with Crippen molar-refractivity contribution in [1.29, 1.82) is 0 Å². The lowest BCUT2D eigenvalue weighted by molar-refractivity contribution is 0.0949. The number of fused-ring (bicyclic) bond motifs is 1. The second-order valence-corrected chi connectivity index (χ2v) is 7.19. The minimum absolute atomic E-state index is 0.160. The van der Waals surface area contributed by atoms with Gasteiger partial charge in [0.2, 0.25) is 0 Å². The molecule has 4 rings (SSSR count). The van der Waals surface area contributed by atoms with Crippen LogP contribution < -0.4 is 14.8 Å². The first-order valence-electron chi connectivity index (χ1n) is 9.60. The maximum absolute atomic E-state index is 12.8. The van der Waals surface area contributed by atoms with Crippen LogP contribution in [0.1, 0.15) is 34.1 Å². The first-order valence-corrected chi connectivity index (χ1v) is 9.98. The number of benzene rings is 2. The minimum Gasteiger partial charge on any atom is -0.486 e. The molecule has 29 heavy (non-hydrogen) atoms. The van der Waals surface area contributed by atoms with Crippen LogP contribution in [0.15, 0.2) is 48.7 Å². The third kappa shape index (κ3) is 4.22. The van der Waals surface area contributed by atoms with Crippen LogP contribution in [-0.4, -0.2) is 28.9 Å². The number of amides is 1. The lowest BCUT2D eigenvalue weighted by Gasteiger charge is -2.20. The molecule has 2 aromatic carbocycles. The van der Waals surface area contributed by atoms with Crippen LogP contribution in [0.2, 0.25) is 5.02 Å². The molecule has 2 heterocycles. The zero-order chi connectivity index (χ0) is 20.2. The Kier molecular flexibility index (Phi) is 5.71. The summed E-state index contributed by atoms with van der Waals surface area (Å²) in [6.07, 6.45) is 2.35. The molecule has 1 aliphatic rings. The van der Waals surface area contributed by atoms with Crippen molar-refractivity contribution in [3.8, 4) is 11.5 Å². The SMILES string of the molecule is CCc1c(C(=O)NCc2cc(Cl)c3c(c2)OCCO3)cnn1Cc1ccccc1. The third-order valence-electron chi connectivity index (χ3n) is 4.81. The molecule has 0 saturated carbocycles. The largest absolute Gasteiger partial charge is 0.486 e. The average molecular weight is 412 g/mol. The Balaban J connectivity index is 1.47. The van der Waals surface area contributed by atoms with E-state index in [9.17, 15) is 4.79 Å². The van der Waals surface area contributed by atoms with E-state index in [-0.39, 0.29) is 5.91 Å². The first kappa shape index (κ1) is 19.3. The number of nitrogens with zero attached hydrogens (tertiary/aromatic N) is 2. The van der Waals surface area contributed by atoms with Crippen molar-refractivity contribution in [3.63, 3.8) is 0 Å². The molecule has 0 radical (unpaired) electrons. The van der Waals surface area contributed by atoms with Gasteiger partial charge in [-0.05, 0) is 29.7 Å². The van der Waals surface area contributed by atoms with Gasteiger partial charge in [-0.25, -0.2) is 0 Å². The summed E-state index contributed by atoms with van der Waals surface area (Å²) >= 11 is 6.28. The van der Waals surface area contributed by atoms with E-state index in [0.29, 0.717) is 54.8 Å². The molecule has 1 aliphatic heterocycles. The van der Waals surface area contributed by atoms with Crippen LogP contribution in [-0.2, 0) is 19.5 Å². The van der Waals surface area contributed by atoms with Crippen LogP contribution in [0.3, 0.4) is 0 Å². The predicted molar refractivity (Wildman–Crippen MR) is 111 cm³/mol. The molecule has 1 N–H and O–H groups in total. The molecule has 0 bridgehead atoms. The molecule has 0 atom stereocenters. The van der Waals surface area contributed by atoms with Crippen LogP contribution in [0, 0.1) is 0 Å². The Bertz CT molecular complexity index is 1020. The Morgan fingerprint density at radius 2 is 1.97 bits per heavy atom. The molecule has 0 unspecified atom stereocenters. The van der Waals surface area contributed by atoms with E-state index in [1.165, 1.54) is 0 Å². The first-order chi connectivity index (χ1) is 14.2. The van der Waals surface area contributed by atoms with Crippen LogP contribution in [0.4, 0.5) is 0 Å². The fourth-order valence-corrected chi connectivity index (χ4v) is 3.70. The smallest absolute Gasteiger partial charge is 0.255 e. The van der Waals surface area contributed by atoms with E-state index in [0.717, 1.165) is 16.8 Å². The van der Waals surface area contributed by atoms with Gasteiger partial charge in [0.1, 0.15) is 13.2 Å². The fraction of sp³-hybridized carbons (Fsp3) is 0.273. The molecule has 150 valence electrons. The molecule has 0 aliphatic carbocycles. The van der Waals surface area contributed by atoms with Gasteiger partial charge in [-0.3, -0.25) is 9.48 Å². The summed E-state index contributed by atoms with van der Waals surface area (Å²) in [6, 6.07) is 13.7. The lowest BCUT2D eigenvalue weighted by Crippen LogP contribution is -2.24. The summed E-state index contributed by atoms with van der Waals surface area (Å²) in [5, 5.41) is 7.86. The average Bonchev–Trinajstić information content (AvgIpc) is 3.15. The van der Waals surface area contributed by atoms with Crippen molar-refractivity contribution in [1.82, 2.24) is 15.1 Å². The Labute approximate surface area is 174 Å². The summed E-state index contributed by atoms with van der Waals surface area (Å²) in [7, 11) is 0. The highest BCUT2D eigenvalue weighted by Gasteiger charge is 2.19. The summed E-state index contributed by atoms with van der Waals surface area (Å²) in [5.74, 6) is 1.01. The minimum atomic E-state index is -0.160. The summed E-state index contributed by atoms with van der Waals surface area (Å²) < 4.78 is 13.0. The zero-order valence-electron chi connectivity index (χ0n) is 16.2. The molecule has 1 amide bonds. The Hall–Kier alpha value is -2.99. The van der Waals surface area contributed by atoms with Gasteiger partial charge in [-0.1, -0.05) is 48.9 Å². The fourth-order valence-electron chi connectivity index (χ4n) is 3.41.